The molecule has 0 saturated heterocycles. The van der Waals surface area contributed by atoms with Crippen LogP contribution in [0.15, 0.2) is 48.5 Å². The Morgan fingerprint density at radius 2 is 1.96 bits per heavy atom. The van der Waals surface area contributed by atoms with Crippen LogP contribution in [0.1, 0.15) is 31.0 Å². The molecule has 0 bridgehead atoms. The van der Waals surface area contributed by atoms with E-state index in [1.54, 1.807) is 12.1 Å². The number of hydrogen-bond acceptors (Lipinski definition) is 2. The lowest BCUT2D eigenvalue weighted by atomic mass is 10.0. The molecule has 0 saturated carbocycles. The van der Waals surface area contributed by atoms with Gasteiger partial charge in [0.05, 0.1) is 0 Å². The Balaban J connectivity index is 1.66. The van der Waals surface area contributed by atoms with Crippen LogP contribution in [0.4, 0.5) is 10.1 Å². The van der Waals surface area contributed by atoms with Crippen LogP contribution in [-0.2, 0) is 6.42 Å². The summed E-state index contributed by atoms with van der Waals surface area (Å²) in [6.45, 7) is 5.32. The van der Waals surface area contributed by atoms with E-state index in [2.05, 4.69) is 55.4 Å². The zero-order valence-electron chi connectivity index (χ0n) is 14.1. The molecular weight excluding hydrogens is 287 g/mol. The van der Waals surface area contributed by atoms with Crippen molar-refractivity contribution in [2.24, 2.45) is 5.92 Å². The van der Waals surface area contributed by atoms with E-state index in [1.165, 1.54) is 11.3 Å². The Morgan fingerprint density at radius 1 is 1.22 bits per heavy atom. The molecule has 2 aromatic rings. The maximum absolute atomic E-state index is 13.6. The molecule has 23 heavy (non-hydrogen) atoms. The monoisotopic (exact) mass is 312 g/mol. The fourth-order valence-corrected chi connectivity index (χ4v) is 3.48. The molecule has 0 aliphatic heterocycles. The van der Waals surface area contributed by atoms with Crippen LogP contribution >= 0.6 is 0 Å². The van der Waals surface area contributed by atoms with Gasteiger partial charge < -0.3 is 10.2 Å². The third kappa shape index (κ3) is 3.40. The molecule has 3 atom stereocenters. The highest BCUT2D eigenvalue weighted by atomic mass is 19.1. The standard InChI is InChI=1S/C20H25FN2/c1-14-11-16-9-10-17(21)12-19(16)20(14)22-13-15(2)23(3)18-7-5-4-6-8-18/h4-10,12,14-15,20,22H,11,13H2,1-3H3. The summed E-state index contributed by atoms with van der Waals surface area (Å²) in [6.07, 6.45) is 1.02. The Morgan fingerprint density at radius 3 is 2.70 bits per heavy atom. The van der Waals surface area contributed by atoms with Crippen molar-refractivity contribution >= 4 is 5.69 Å². The summed E-state index contributed by atoms with van der Waals surface area (Å²) in [5, 5.41) is 3.66. The molecule has 3 unspecified atom stereocenters. The molecule has 0 fully saturated rings. The molecule has 1 N–H and O–H groups in total. The number of halogens is 1. The molecule has 122 valence electrons. The lowest BCUT2D eigenvalue weighted by molar-refractivity contribution is 0.403. The van der Waals surface area contributed by atoms with Crippen LogP contribution < -0.4 is 10.2 Å². The molecule has 2 aromatic carbocycles. The molecule has 0 heterocycles. The molecule has 0 spiro atoms. The molecule has 2 nitrogen and oxygen atoms in total. The zero-order chi connectivity index (χ0) is 16.4. The van der Waals surface area contributed by atoms with Crippen molar-refractivity contribution in [1.29, 1.82) is 0 Å². The van der Waals surface area contributed by atoms with Gasteiger partial charge in [-0.25, -0.2) is 4.39 Å². The van der Waals surface area contributed by atoms with E-state index in [9.17, 15) is 4.39 Å². The van der Waals surface area contributed by atoms with Gasteiger partial charge >= 0.3 is 0 Å². The summed E-state index contributed by atoms with van der Waals surface area (Å²) in [6, 6.07) is 16.2. The van der Waals surface area contributed by atoms with Gasteiger partial charge in [-0.05, 0) is 54.7 Å². The minimum absolute atomic E-state index is 0.140. The smallest absolute Gasteiger partial charge is 0.123 e. The van der Waals surface area contributed by atoms with E-state index in [4.69, 9.17) is 0 Å². The molecular formula is C20H25FN2. The molecule has 3 heteroatoms. The Kier molecular flexibility index (Phi) is 4.67. The first-order valence-electron chi connectivity index (χ1n) is 8.36. The highest BCUT2D eigenvalue weighted by Crippen LogP contribution is 2.36. The summed E-state index contributed by atoms with van der Waals surface area (Å²) >= 11 is 0. The average molecular weight is 312 g/mol. The molecule has 3 rings (SSSR count). The highest BCUT2D eigenvalue weighted by molar-refractivity contribution is 5.46. The van der Waals surface area contributed by atoms with Gasteiger partial charge in [-0.15, -0.1) is 0 Å². The molecule has 0 amide bonds. The number of rotatable bonds is 5. The maximum atomic E-state index is 13.6. The maximum Gasteiger partial charge on any atom is 0.123 e. The van der Waals surface area contributed by atoms with Gasteiger partial charge in [-0.3, -0.25) is 0 Å². The van der Waals surface area contributed by atoms with Crippen LogP contribution in [0.2, 0.25) is 0 Å². The van der Waals surface area contributed by atoms with Crippen molar-refractivity contribution in [3.8, 4) is 0 Å². The lowest BCUT2D eigenvalue weighted by Gasteiger charge is -2.29. The van der Waals surface area contributed by atoms with E-state index in [0.717, 1.165) is 18.5 Å². The number of anilines is 1. The van der Waals surface area contributed by atoms with E-state index in [-0.39, 0.29) is 11.9 Å². The molecule has 0 radical (unpaired) electrons. The number of benzene rings is 2. The third-order valence-electron chi connectivity index (χ3n) is 5.01. The van der Waals surface area contributed by atoms with Gasteiger partial charge in [-0.1, -0.05) is 31.2 Å². The Bertz CT molecular complexity index is 656. The van der Waals surface area contributed by atoms with Crippen molar-refractivity contribution < 1.29 is 4.39 Å². The van der Waals surface area contributed by atoms with Crippen LogP contribution in [-0.4, -0.2) is 19.6 Å². The van der Waals surface area contributed by atoms with Crippen LogP contribution in [0.5, 0.6) is 0 Å². The summed E-state index contributed by atoms with van der Waals surface area (Å²) in [4.78, 5) is 2.28. The largest absolute Gasteiger partial charge is 0.371 e. The second-order valence-electron chi connectivity index (χ2n) is 6.71. The van der Waals surface area contributed by atoms with Crippen LogP contribution in [0.3, 0.4) is 0 Å². The van der Waals surface area contributed by atoms with Crippen LogP contribution in [0, 0.1) is 11.7 Å². The lowest BCUT2D eigenvalue weighted by Crippen LogP contribution is -2.40. The fraction of sp³-hybridized carbons (Fsp3) is 0.400. The third-order valence-corrected chi connectivity index (χ3v) is 5.01. The number of nitrogens with one attached hydrogen (secondary N) is 1. The first-order chi connectivity index (χ1) is 11.1. The normalized spacial score (nSPS) is 21.0. The van der Waals surface area contributed by atoms with Gasteiger partial charge in [0, 0.05) is 31.4 Å². The van der Waals surface area contributed by atoms with Gasteiger partial charge in [0.15, 0.2) is 0 Å². The summed E-state index contributed by atoms with van der Waals surface area (Å²) in [5.41, 5.74) is 3.63. The predicted molar refractivity (Wildman–Crippen MR) is 94.3 cm³/mol. The Hall–Kier alpha value is -1.87. The second-order valence-corrected chi connectivity index (χ2v) is 6.71. The number of fused-ring (bicyclic) bond motifs is 1. The van der Waals surface area contributed by atoms with Gasteiger partial charge in [0.25, 0.3) is 0 Å². The van der Waals surface area contributed by atoms with E-state index >= 15 is 0 Å². The zero-order valence-corrected chi connectivity index (χ0v) is 14.1. The van der Waals surface area contributed by atoms with Crippen molar-refractivity contribution in [3.05, 3.63) is 65.5 Å². The quantitative estimate of drug-likeness (QED) is 0.891. The highest BCUT2D eigenvalue weighted by Gasteiger charge is 2.29. The first-order valence-corrected chi connectivity index (χ1v) is 8.36. The fourth-order valence-electron chi connectivity index (χ4n) is 3.48. The summed E-state index contributed by atoms with van der Waals surface area (Å²) < 4.78 is 13.6. The van der Waals surface area contributed by atoms with Crippen molar-refractivity contribution in [1.82, 2.24) is 5.32 Å². The molecule has 1 aliphatic rings. The van der Waals surface area contributed by atoms with Crippen molar-refractivity contribution in [3.63, 3.8) is 0 Å². The van der Waals surface area contributed by atoms with Gasteiger partial charge in [0.2, 0.25) is 0 Å². The number of likely N-dealkylation sites (N-methyl/N-ethyl adjacent to an activating group) is 1. The van der Waals surface area contributed by atoms with E-state index < -0.39 is 0 Å². The second kappa shape index (κ2) is 6.71. The summed E-state index contributed by atoms with van der Waals surface area (Å²) in [7, 11) is 2.12. The van der Waals surface area contributed by atoms with E-state index in [0.29, 0.717) is 12.0 Å². The van der Waals surface area contributed by atoms with Crippen LogP contribution in [0.25, 0.3) is 0 Å². The average Bonchev–Trinajstić information content (AvgIpc) is 2.87. The predicted octanol–water partition coefficient (Wildman–Crippen LogP) is 4.17. The minimum Gasteiger partial charge on any atom is -0.371 e. The topological polar surface area (TPSA) is 15.3 Å². The molecule has 1 aliphatic carbocycles. The number of nitrogens with zero attached hydrogens (tertiary/aromatic N) is 1. The number of para-hydroxylation sites is 1. The van der Waals surface area contributed by atoms with Gasteiger partial charge in [0.1, 0.15) is 5.82 Å². The first kappa shape index (κ1) is 16.0. The number of hydrogen-bond donors (Lipinski definition) is 1. The SMILES string of the molecule is CC1Cc2ccc(F)cc2C1NCC(C)N(C)c1ccccc1. The van der Waals surface area contributed by atoms with Crippen molar-refractivity contribution in [2.45, 2.75) is 32.4 Å². The van der Waals surface area contributed by atoms with Gasteiger partial charge in [-0.2, -0.15) is 0 Å². The van der Waals surface area contributed by atoms with E-state index in [1.807, 2.05) is 12.1 Å². The Labute approximate surface area is 138 Å². The van der Waals surface area contributed by atoms with Crippen molar-refractivity contribution in [2.75, 3.05) is 18.5 Å². The minimum atomic E-state index is -0.140. The molecule has 0 aromatic heterocycles. The summed E-state index contributed by atoms with van der Waals surface area (Å²) in [5.74, 6) is 0.361.